The lowest BCUT2D eigenvalue weighted by molar-refractivity contribution is -0.108. The lowest BCUT2D eigenvalue weighted by Crippen LogP contribution is -2.57. The minimum Gasteiger partial charge on any atom is -0.497 e. The third-order valence-electron chi connectivity index (χ3n) is 12.3. The minimum atomic E-state index is -0.409. The van der Waals surface area contributed by atoms with Gasteiger partial charge in [-0.2, -0.15) is 0 Å². The highest BCUT2D eigenvalue weighted by Crippen LogP contribution is 2.61. The Hall–Kier alpha value is -4.03. The fourth-order valence-corrected chi connectivity index (χ4v) is 8.90. The first kappa shape index (κ1) is 35.4. The number of aliphatic hydroxyl groups excluding tert-OH is 1. The second-order valence-corrected chi connectivity index (χ2v) is 15.8. The van der Waals surface area contributed by atoms with Crippen LogP contribution in [0.2, 0.25) is 0 Å². The van der Waals surface area contributed by atoms with Crippen LogP contribution in [0.25, 0.3) is 10.9 Å². The molecular weight excluding hydrogens is 647 g/mol. The van der Waals surface area contributed by atoms with Gasteiger partial charge < -0.3 is 30.3 Å². The number of guanidine groups is 1. The van der Waals surface area contributed by atoms with Crippen molar-refractivity contribution in [1.29, 1.82) is 5.41 Å². The van der Waals surface area contributed by atoms with E-state index in [1.54, 1.807) is 18.2 Å². The Kier molecular flexibility index (Phi) is 9.84. The molecular formula is C39H53FN8O3. The number of nitrogens with zero attached hydrogens (tertiary/aromatic N) is 5. The number of fused-ring (bicyclic) bond motifs is 3. The molecule has 2 saturated heterocycles. The molecule has 5 fully saturated rings. The predicted octanol–water partition coefficient (Wildman–Crippen LogP) is 4.70. The first-order valence-corrected chi connectivity index (χ1v) is 18.6. The van der Waals surface area contributed by atoms with Gasteiger partial charge in [-0.3, -0.25) is 14.8 Å². The van der Waals surface area contributed by atoms with Gasteiger partial charge in [0.1, 0.15) is 11.6 Å². The van der Waals surface area contributed by atoms with E-state index in [1.165, 1.54) is 24.2 Å². The molecule has 5 atom stereocenters. The van der Waals surface area contributed by atoms with Crippen LogP contribution in [0.4, 0.5) is 10.1 Å². The first-order valence-electron chi connectivity index (χ1n) is 18.6. The molecule has 3 heterocycles. The number of piperidine rings is 1. The van der Waals surface area contributed by atoms with E-state index in [1.807, 2.05) is 17.0 Å². The lowest BCUT2D eigenvalue weighted by atomic mass is 9.45. The zero-order chi connectivity index (χ0) is 36.0. The van der Waals surface area contributed by atoms with Crippen LogP contribution in [0.1, 0.15) is 64.8 Å². The molecule has 51 heavy (non-hydrogen) atoms. The number of ether oxygens (including phenoxy) is 1. The Morgan fingerprint density at radius 1 is 1.14 bits per heavy atom. The number of amidine groups is 1. The number of methoxy groups -OCH3 is 1. The average molecular weight is 701 g/mol. The number of aliphatic hydroxyl groups is 1. The third-order valence-corrected chi connectivity index (χ3v) is 12.3. The van der Waals surface area contributed by atoms with Crippen molar-refractivity contribution >= 4 is 28.4 Å². The maximum absolute atomic E-state index is 14.9. The van der Waals surface area contributed by atoms with E-state index in [4.69, 9.17) is 14.7 Å². The summed E-state index contributed by atoms with van der Waals surface area (Å²) in [6.07, 6.45) is 3.30. The van der Waals surface area contributed by atoms with E-state index in [9.17, 15) is 19.7 Å². The fraction of sp³-hybridized carbons (Fsp3) is 0.590. The smallest absolute Gasteiger partial charge is 0.261 e. The molecule has 2 aromatic carbocycles. The average Bonchev–Trinajstić information content (AvgIpc) is 3.11. The number of nitrogens with one attached hydrogen (secondary N) is 3. The van der Waals surface area contributed by atoms with Crippen LogP contribution < -0.4 is 20.9 Å². The van der Waals surface area contributed by atoms with Crippen molar-refractivity contribution in [3.63, 3.8) is 0 Å². The molecule has 3 aromatic rings. The largest absolute Gasteiger partial charge is 0.497 e. The molecule has 0 amide bonds. The predicted molar refractivity (Wildman–Crippen MR) is 199 cm³/mol. The number of benzene rings is 2. The highest BCUT2D eigenvalue weighted by molar-refractivity contribution is 5.98. The number of hydrogen-bond donors (Lipinski definition) is 4. The summed E-state index contributed by atoms with van der Waals surface area (Å²) in [6.45, 7) is 13.1. The third kappa shape index (κ3) is 6.96. The van der Waals surface area contributed by atoms with E-state index in [2.05, 4.69) is 43.2 Å². The topological polar surface area (TPSA) is 131 Å². The molecule has 5 aliphatic rings. The van der Waals surface area contributed by atoms with Crippen molar-refractivity contribution in [1.82, 2.24) is 24.7 Å². The Morgan fingerprint density at radius 3 is 2.61 bits per heavy atom. The van der Waals surface area contributed by atoms with Gasteiger partial charge in [-0.25, -0.2) is 14.4 Å². The molecule has 8 rings (SSSR count). The second-order valence-electron chi connectivity index (χ2n) is 15.8. The highest BCUT2D eigenvalue weighted by Gasteiger charge is 2.56. The summed E-state index contributed by atoms with van der Waals surface area (Å²) in [5.74, 6) is 3.10. The summed E-state index contributed by atoms with van der Waals surface area (Å²) in [5.41, 5.74) is 1.81. The van der Waals surface area contributed by atoms with Gasteiger partial charge in [0, 0.05) is 57.1 Å². The summed E-state index contributed by atoms with van der Waals surface area (Å²) < 4.78 is 21.6. The Labute approximate surface area is 299 Å². The van der Waals surface area contributed by atoms with Crippen molar-refractivity contribution in [3.05, 3.63) is 64.0 Å². The quantitative estimate of drug-likeness (QED) is 0.206. The number of aliphatic imine (C=N–C) groups is 1. The van der Waals surface area contributed by atoms with Crippen LogP contribution in [0.5, 0.6) is 5.75 Å². The van der Waals surface area contributed by atoms with E-state index in [0.717, 1.165) is 37.7 Å². The molecule has 2 aliphatic heterocycles. The van der Waals surface area contributed by atoms with Crippen molar-refractivity contribution in [3.8, 4) is 5.75 Å². The fourth-order valence-electron chi connectivity index (χ4n) is 8.90. The zero-order valence-corrected chi connectivity index (χ0v) is 30.6. The molecule has 3 aliphatic carbocycles. The van der Waals surface area contributed by atoms with E-state index in [0.29, 0.717) is 77.4 Å². The number of aromatic nitrogens is 2. The zero-order valence-electron chi connectivity index (χ0n) is 30.6. The number of halogens is 1. The van der Waals surface area contributed by atoms with E-state index in [-0.39, 0.29) is 36.2 Å². The molecule has 0 spiro atoms. The molecule has 274 valence electrons. The van der Waals surface area contributed by atoms with Crippen molar-refractivity contribution in [2.75, 3.05) is 45.2 Å². The summed E-state index contributed by atoms with van der Waals surface area (Å²) in [7, 11) is 1.49. The number of rotatable bonds is 7. The Balaban J connectivity index is 1.22. The van der Waals surface area contributed by atoms with E-state index >= 15 is 0 Å². The van der Waals surface area contributed by atoms with Gasteiger partial charge in [-0.05, 0) is 92.0 Å². The molecule has 1 unspecified atom stereocenters. The van der Waals surface area contributed by atoms with Gasteiger partial charge >= 0.3 is 0 Å². The molecule has 0 radical (unpaired) electrons. The molecule has 4 N–H and O–H groups in total. The maximum atomic E-state index is 14.9. The number of likely N-dealkylation sites (tertiary alicyclic amines) is 1. The highest BCUT2D eigenvalue weighted by atomic mass is 19.1. The lowest BCUT2D eigenvalue weighted by Gasteiger charge is -2.61. The Bertz CT molecular complexity index is 1870. The standard InChI is InChI=1S/C39H53FN8O3/c1-23-22-47(17-13-42-23)38(45-33-19-26-18-31(24(33)2)39(26,3)4)43-27-7-9-30-34(20-27)44-36(35(41)46-14-11-28(49)12-15-46)48(37(30)50)16-10-25-6-8-29(51-5)21-32(25)40/h6-9,20-21,23-24,26,28,31,33,41-42,49H,10-19,22H2,1-5H3,(H,43,45)/t23-,24-,26+,31-,33?/m0/s1. The van der Waals surface area contributed by atoms with Crippen molar-refractivity contribution in [2.24, 2.45) is 28.2 Å². The summed E-state index contributed by atoms with van der Waals surface area (Å²) in [6, 6.07) is 10.9. The van der Waals surface area contributed by atoms with Crippen LogP contribution in [0.15, 0.2) is 46.2 Å². The molecule has 2 bridgehead atoms. The maximum Gasteiger partial charge on any atom is 0.261 e. The van der Waals surface area contributed by atoms with Crippen LogP contribution in [-0.4, -0.2) is 94.3 Å². The number of hydrogen-bond acceptors (Lipinski definition) is 7. The van der Waals surface area contributed by atoms with Gasteiger partial charge in [-0.1, -0.05) is 26.8 Å². The van der Waals surface area contributed by atoms with Crippen LogP contribution in [0, 0.1) is 34.4 Å². The van der Waals surface area contributed by atoms with Crippen LogP contribution in [-0.2, 0) is 13.0 Å². The van der Waals surface area contributed by atoms with Gasteiger partial charge in [0.2, 0.25) is 0 Å². The summed E-state index contributed by atoms with van der Waals surface area (Å²) in [4.78, 5) is 28.8. The van der Waals surface area contributed by atoms with Crippen molar-refractivity contribution < 1.29 is 14.2 Å². The van der Waals surface area contributed by atoms with Crippen LogP contribution in [0.3, 0.4) is 0 Å². The molecule has 11 nitrogen and oxygen atoms in total. The number of piperazine rings is 1. The monoisotopic (exact) mass is 700 g/mol. The normalized spacial score (nSPS) is 26.6. The Morgan fingerprint density at radius 2 is 1.92 bits per heavy atom. The van der Waals surface area contributed by atoms with Crippen LogP contribution >= 0.6 is 0 Å². The van der Waals surface area contributed by atoms with Gasteiger partial charge in [0.25, 0.3) is 5.56 Å². The minimum absolute atomic E-state index is 0.124. The number of anilines is 1. The van der Waals surface area contributed by atoms with Crippen molar-refractivity contribution in [2.45, 2.75) is 84.5 Å². The van der Waals surface area contributed by atoms with Gasteiger partial charge in [0.15, 0.2) is 17.6 Å². The molecule has 1 aromatic heterocycles. The second kappa shape index (κ2) is 14.2. The first-order chi connectivity index (χ1) is 24.4. The molecule has 12 heteroatoms. The molecule has 3 saturated carbocycles. The summed E-state index contributed by atoms with van der Waals surface area (Å²) in [5, 5.41) is 26.9. The number of aryl methyl sites for hydroxylation is 1. The van der Waals surface area contributed by atoms with Gasteiger partial charge in [0.05, 0.1) is 30.2 Å². The SMILES string of the molecule is COc1ccc(CCn2c(C(=N)N3CCC(O)CC3)nc3cc(NC(=NC4C[C@H]5C[C@@H]([C@@H]4C)C5(C)C)N4CCN[C@@H](C)C4)ccc3c2=O)c(F)c1. The van der Waals surface area contributed by atoms with E-state index < -0.39 is 11.9 Å². The van der Waals surface area contributed by atoms with Gasteiger partial charge in [-0.15, -0.1) is 0 Å². The summed E-state index contributed by atoms with van der Waals surface area (Å²) >= 11 is 0.